The Bertz CT molecular complexity index is 963. The van der Waals surface area contributed by atoms with Crippen LogP contribution in [0.1, 0.15) is 18.1 Å². The molecule has 0 saturated heterocycles. The van der Waals surface area contributed by atoms with Gasteiger partial charge in [0.2, 0.25) is 34.8 Å². The molecule has 0 aromatic heterocycles. The fourth-order valence-corrected chi connectivity index (χ4v) is 3.27. The lowest BCUT2D eigenvalue weighted by atomic mass is 10.0. The smallest absolute Gasteiger partial charge is 0.339 e. The largest absolute Gasteiger partial charge is 0.493 e. The van der Waals surface area contributed by atoms with Crippen molar-refractivity contribution in [2.75, 3.05) is 6.61 Å². The lowest BCUT2D eigenvalue weighted by molar-refractivity contribution is 0.115. The van der Waals surface area contributed by atoms with E-state index in [0.29, 0.717) is 0 Å². The number of benzene rings is 2. The summed E-state index contributed by atoms with van der Waals surface area (Å²) in [7, 11) is -4.95. The predicted molar refractivity (Wildman–Crippen MR) is 75.6 cm³/mol. The fourth-order valence-electron chi connectivity index (χ4n) is 2.32. The van der Waals surface area contributed by atoms with Crippen LogP contribution in [0.2, 0.25) is 0 Å². The highest BCUT2D eigenvalue weighted by atomic mass is 32.2. The van der Waals surface area contributed by atoms with Gasteiger partial charge in [-0.25, -0.2) is 13.2 Å². The Morgan fingerprint density at radius 3 is 2.19 bits per heavy atom. The van der Waals surface area contributed by atoms with Crippen LogP contribution in [0, 0.1) is 29.1 Å². The molecule has 0 spiro atoms. The molecule has 26 heavy (non-hydrogen) atoms. The molecule has 0 amide bonds. The van der Waals surface area contributed by atoms with E-state index in [1.165, 1.54) is 6.07 Å². The predicted octanol–water partition coefficient (Wildman–Crippen LogP) is 2.97. The van der Waals surface area contributed by atoms with Crippen LogP contribution in [0.15, 0.2) is 23.1 Å². The summed E-state index contributed by atoms with van der Waals surface area (Å²) in [5, 5.41) is 9.77. The van der Waals surface area contributed by atoms with Gasteiger partial charge in [0, 0.05) is 18.1 Å². The number of hydrogen-bond donors (Lipinski definition) is 1. The molecule has 11 heteroatoms. The van der Waals surface area contributed by atoms with E-state index in [1.807, 2.05) is 0 Å². The van der Waals surface area contributed by atoms with E-state index in [2.05, 4.69) is 4.18 Å². The highest BCUT2D eigenvalue weighted by molar-refractivity contribution is 7.87. The zero-order chi connectivity index (χ0) is 19.2. The lowest BCUT2D eigenvalue weighted by Crippen LogP contribution is -2.17. The Balaban J connectivity index is 2.04. The molecule has 1 heterocycles. The van der Waals surface area contributed by atoms with E-state index in [-0.39, 0.29) is 24.3 Å². The molecule has 5 nitrogen and oxygen atoms in total. The third-order valence-corrected chi connectivity index (χ3v) is 4.86. The molecule has 2 aromatic carbocycles. The average molecular weight is 396 g/mol. The first-order valence-corrected chi connectivity index (χ1v) is 8.45. The van der Waals surface area contributed by atoms with Crippen LogP contribution in [-0.2, 0) is 10.1 Å². The minimum Gasteiger partial charge on any atom is -0.493 e. The molecule has 3 rings (SSSR count). The summed E-state index contributed by atoms with van der Waals surface area (Å²) in [4.78, 5) is -0.658. The second-order valence-electron chi connectivity index (χ2n) is 5.29. The highest BCUT2D eigenvalue weighted by Gasteiger charge is 2.31. The van der Waals surface area contributed by atoms with Crippen molar-refractivity contribution in [3.05, 3.63) is 52.8 Å². The van der Waals surface area contributed by atoms with Gasteiger partial charge < -0.3 is 14.0 Å². The first-order chi connectivity index (χ1) is 12.1. The van der Waals surface area contributed by atoms with E-state index < -0.39 is 56.0 Å². The summed E-state index contributed by atoms with van der Waals surface area (Å²) < 4.78 is 100. The maximum atomic E-state index is 13.6. The molecule has 1 N–H and O–H groups in total. The van der Waals surface area contributed by atoms with E-state index in [0.717, 1.165) is 12.1 Å². The van der Waals surface area contributed by atoms with Gasteiger partial charge in [-0.05, 0) is 6.07 Å². The maximum Gasteiger partial charge on any atom is 0.339 e. The van der Waals surface area contributed by atoms with Gasteiger partial charge in [0.1, 0.15) is 10.6 Å². The quantitative estimate of drug-likeness (QED) is 0.374. The second kappa shape index (κ2) is 6.40. The molecule has 0 bridgehead atoms. The zero-order valence-corrected chi connectivity index (χ0v) is 13.4. The minimum absolute atomic E-state index is 0.00849. The monoisotopic (exact) mass is 396 g/mol. The van der Waals surface area contributed by atoms with E-state index in [4.69, 9.17) is 4.74 Å². The molecule has 1 aliphatic rings. The number of ether oxygens (including phenoxy) is 1. The Morgan fingerprint density at radius 2 is 1.58 bits per heavy atom. The fraction of sp³-hybridized carbons (Fsp3) is 0.200. The molecule has 0 aliphatic carbocycles. The van der Waals surface area contributed by atoms with Crippen molar-refractivity contribution in [2.24, 2.45) is 0 Å². The number of rotatable bonds is 3. The van der Waals surface area contributed by atoms with Crippen LogP contribution in [0.25, 0.3) is 0 Å². The van der Waals surface area contributed by atoms with Crippen molar-refractivity contribution in [3.8, 4) is 11.5 Å². The van der Waals surface area contributed by atoms with E-state index in [9.17, 15) is 35.5 Å². The van der Waals surface area contributed by atoms with Crippen molar-refractivity contribution < 1.29 is 44.4 Å². The standard InChI is InChI=1S/C15H9F5O5S/c16-10-11(17)13(19)15(14(20)12(10)18)25-26(22,23)6-1-2-7-8(21)3-4-24-9(7)5-6/h1-2,5,8,21H,3-4H2/t8-/m1/s1. The number of fused-ring (bicyclic) bond motifs is 1. The Hall–Kier alpha value is -2.40. The first-order valence-electron chi connectivity index (χ1n) is 7.04. The summed E-state index contributed by atoms with van der Waals surface area (Å²) in [5.41, 5.74) is 0.284. The lowest BCUT2D eigenvalue weighted by Gasteiger charge is -2.22. The molecule has 0 radical (unpaired) electrons. The third kappa shape index (κ3) is 2.97. The van der Waals surface area contributed by atoms with Gasteiger partial charge in [0.05, 0.1) is 12.7 Å². The average Bonchev–Trinajstić information content (AvgIpc) is 2.62. The molecular weight excluding hydrogens is 387 g/mol. The van der Waals surface area contributed by atoms with Crippen molar-refractivity contribution in [1.29, 1.82) is 0 Å². The minimum atomic E-state index is -4.95. The molecule has 0 saturated carbocycles. The number of hydrogen-bond acceptors (Lipinski definition) is 5. The molecule has 0 unspecified atom stereocenters. The second-order valence-corrected chi connectivity index (χ2v) is 6.84. The highest BCUT2D eigenvalue weighted by Crippen LogP contribution is 2.35. The van der Waals surface area contributed by atoms with Crippen LogP contribution in [-0.4, -0.2) is 20.1 Å². The van der Waals surface area contributed by atoms with Crippen LogP contribution < -0.4 is 8.92 Å². The van der Waals surface area contributed by atoms with Crippen LogP contribution >= 0.6 is 0 Å². The molecule has 1 atom stereocenters. The Labute approximate surface area is 143 Å². The first kappa shape index (κ1) is 18.4. The zero-order valence-electron chi connectivity index (χ0n) is 12.6. The van der Waals surface area contributed by atoms with Gasteiger partial charge in [-0.3, -0.25) is 0 Å². The van der Waals surface area contributed by atoms with Gasteiger partial charge in [-0.2, -0.15) is 17.2 Å². The van der Waals surface area contributed by atoms with Crippen molar-refractivity contribution in [1.82, 2.24) is 0 Å². The molecule has 2 aromatic rings. The number of halogens is 5. The third-order valence-electron chi connectivity index (χ3n) is 3.64. The van der Waals surface area contributed by atoms with Crippen LogP contribution in [0.5, 0.6) is 11.5 Å². The van der Waals surface area contributed by atoms with Crippen LogP contribution in [0.3, 0.4) is 0 Å². The van der Waals surface area contributed by atoms with Gasteiger partial charge >= 0.3 is 10.1 Å². The summed E-state index contributed by atoms with van der Waals surface area (Å²) in [6, 6.07) is 3.05. The van der Waals surface area contributed by atoms with Crippen molar-refractivity contribution >= 4 is 10.1 Å². The topological polar surface area (TPSA) is 72.8 Å². The molecular formula is C15H9F5O5S. The Morgan fingerprint density at radius 1 is 1.00 bits per heavy atom. The SMILES string of the molecule is O=S(=O)(Oc1c(F)c(F)c(F)c(F)c1F)c1ccc2c(c1)OCC[C@H]2O. The summed E-state index contributed by atoms with van der Waals surface area (Å²) >= 11 is 0. The summed E-state index contributed by atoms with van der Waals surface area (Å²) in [5.74, 6) is -13.9. The molecule has 140 valence electrons. The Kier molecular flexibility index (Phi) is 4.53. The van der Waals surface area contributed by atoms with Gasteiger partial charge in [-0.1, -0.05) is 6.07 Å². The number of aliphatic hydroxyl groups excluding tert-OH is 1. The van der Waals surface area contributed by atoms with Gasteiger partial charge in [0.25, 0.3) is 0 Å². The van der Waals surface area contributed by atoms with Gasteiger partial charge in [0.15, 0.2) is 0 Å². The van der Waals surface area contributed by atoms with Crippen molar-refractivity contribution in [2.45, 2.75) is 17.4 Å². The van der Waals surface area contributed by atoms with E-state index in [1.54, 1.807) is 0 Å². The normalized spacial score (nSPS) is 16.8. The number of aliphatic hydroxyl groups is 1. The van der Waals surface area contributed by atoms with Gasteiger partial charge in [-0.15, -0.1) is 0 Å². The molecule has 0 fully saturated rings. The van der Waals surface area contributed by atoms with Crippen LogP contribution in [0.4, 0.5) is 22.0 Å². The summed E-state index contributed by atoms with van der Waals surface area (Å²) in [6.45, 7) is 0.0934. The van der Waals surface area contributed by atoms with E-state index >= 15 is 0 Å². The van der Waals surface area contributed by atoms with Crippen molar-refractivity contribution in [3.63, 3.8) is 0 Å². The molecule has 1 aliphatic heterocycles. The summed E-state index contributed by atoms with van der Waals surface area (Å²) in [6.07, 6.45) is -0.619. The maximum absolute atomic E-state index is 13.6.